The normalized spacial score (nSPS) is 19.5. The molecule has 39 heavy (non-hydrogen) atoms. The van der Waals surface area contributed by atoms with Crippen LogP contribution >= 0.6 is 0 Å². The molecule has 1 atom stereocenters. The van der Waals surface area contributed by atoms with Gasteiger partial charge in [-0.15, -0.1) is 0 Å². The fourth-order valence-electron chi connectivity index (χ4n) is 5.92. The van der Waals surface area contributed by atoms with E-state index in [1.54, 1.807) is 6.07 Å². The summed E-state index contributed by atoms with van der Waals surface area (Å²) in [6, 6.07) is 10.7. The second kappa shape index (κ2) is 11.1. The largest absolute Gasteiger partial charge is 0.390 e. The number of nitrogens with one attached hydrogen (secondary N) is 2. The number of piperazine rings is 1. The molecule has 1 aromatic carbocycles. The van der Waals surface area contributed by atoms with Gasteiger partial charge >= 0.3 is 0 Å². The number of fused-ring (bicyclic) bond motifs is 3. The number of aryl methyl sites for hydroxylation is 1. The summed E-state index contributed by atoms with van der Waals surface area (Å²) in [7, 11) is 4.23. The maximum atomic E-state index is 13.2. The average molecular weight is 533 g/mol. The number of β-amino-alcohol motifs (C(OH)–C–C–N with tert-alkyl or cyclic N) is 1. The summed E-state index contributed by atoms with van der Waals surface area (Å²) in [4.78, 5) is 29.3. The van der Waals surface area contributed by atoms with E-state index in [4.69, 9.17) is 4.98 Å². The zero-order valence-electron chi connectivity index (χ0n) is 23.1. The predicted octanol–water partition coefficient (Wildman–Crippen LogP) is 1.83. The quantitative estimate of drug-likeness (QED) is 0.404. The molecule has 10 nitrogen and oxygen atoms in total. The van der Waals surface area contributed by atoms with E-state index >= 15 is 0 Å². The highest BCUT2D eigenvalue weighted by Crippen LogP contribution is 2.30. The van der Waals surface area contributed by atoms with Gasteiger partial charge in [0.25, 0.3) is 5.91 Å². The molecule has 0 radical (unpaired) electrons. The van der Waals surface area contributed by atoms with Crippen LogP contribution in [0.5, 0.6) is 0 Å². The molecule has 1 saturated heterocycles. The molecule has 208 valence electrons. The minimum absolute atomic E-state index is 0.177. The van der Waals surface area contributed by atoms with Gasteiger partial charge in [-0.25, -0.2) is 4.98 Å². The molecule has 1 unspecified atom stereocenters. The van der Waals surface area contributed by atoms with Crippen molar-refractivity contribution in [1.82, 2.24) is 29.7 Å². The molecular weight excluding hydrogens is 492 g/mol. The van der Waals surface area contributed by atoms with Crippen molar-refractivity contribution in [1.29, 1.82) is 0 Å². The zero-order valence-corrected chi connectivity index (χ0v) is 23.1. The first-order valence-corrected chi connectivity index (χ1v) is 14.3. The molecule has 0 bridgehead atoms. The van der Waals surface area contributed by atoms with Crippen molar-refractivity contribution < 1.29 is 9.90 Å². The number of aliphatic hydroxyl groups is 1. The van der Waals surface area contributed by atoms with Crippen molar-refractivity contribution in [3.05, 3.63) is 47.3 Å². The molecule has 1 aliphatic carbocycles. The van der Waals surface area contributed by atoms with Crippen molar-refractivity contribution >= 4 is 28.6 Å². The highest BCUT2D eigenvalue weighted by molar-refractivity contribution is 5.93. The van der Waals surface area contributed by atoms with Gasteiger partial charge in [0, 0.05) is 88.1 Å². The van der Waals surface area contributed by atoms with Crippen LogP contribution < -0.4 is 15.5 Å². The predicted molar refractivity (Wildman–Crippen MR) is 153 cm³/mol. The SMILES string of the molecule is CN1CCN(c2nc(NC3CCC3)cc(C(=O)NCC(O)CN3CCc4c(n(C)c5ccccc45)C3)n2)CC1. The summed E-state index contributed by atoms with van der Waals surface area (Å²) < 4.78 is 2.27. The first kappa shape index (κ1) is 26.0. The zero-order chi connectivity index (χ0) is 26.9. The van der Waals surface area contributed by atoms with Crippen LogP contribution in [0.1, 0.15) is 41.0 Å². The Morgan fingerprint density at radius 1 is 1.10 bits per heavy atom. The van der Waals surface area contributed by atoms with Gasteiger partial charge in [0.1, 0.15) is 11.5 Å². The lowest BCUT2D eigenvalue weighted by Gasteiger charge is -2.33. The molecule has 1 amide bonds. The van der Waals surface area contributed by atoms with Crippen LogP contribution in [0.2, 0.25) is 0 Å². The van der Waals surface area contributed by atoms with Gasteiger partial charge in [0.15, 0.2) is 0 Å². The van der Waals surface area contributed by atoms with Crippen molar-refractivity contribution in [2.75, 3.05) is 63.1 Å². The van der Waals surface area contributed by atoms with Crippen LogP contribution in [0, 0.1) is 0 Å². The Hall–Kier alpha value is -3.21. The van der Waals surface area contributed by atoms with Crippen LogP contribution in [-0.2, 0) is 20.0 Å². The lowest BCUT2D eigenvalue weighted by molar-refractivity contribution is 0.0834. The van der Waals surface area contributed by atoms with Gasteiger partial charge in [-0.05, 0) is 44.4 Å². The summed E-state index contributed by atoms with van der Waals surface area (Å²) in [5, 5.41) is 18.6. The molecule has 10 heteroatoms. The van der Waals surface area contributed by atoms with Gasteiger partial charge in [0.2, 0.25) is 5.95 Å². The number of hydrogen-bond acceptors (Lipinski definition) is 8. The third-order valence-corrected chi connectivity index (χ3v) is 8.55. The van der Waals surface area contributed by atoms with E-state index in [0.29, 0.717) is 30.0 Å². The van der Waals surface area contributed by atoms with Gasteiger partial charge in [-0.3, -0.25) is 9.69 Å². The molecule has 3 N–H and O–H groups in total. The summed E-state index contributed by atoms with van der Waals surface area (Å²) in [5.74, 6) is 1.02. The standard InChI is InChI=1S/C29H40N8O2/c1-34-12-14-37(15-13-34)29-32-24(16-27(33-29)31-20-6-5-7-20)28(39)30-17-21(38)18-36-11-10-23-22-8-3-4-9-25(22)35(2)26(23)19-36/h3-4,8-9,16,20-21,38H,5-7,10-15,17-19H2,1-2H3,(H,30,39)(H,31,32,33). The van der Waals surface area contributed by atoms with Crippen molar-refractivity contribution in [3.63, 3.8) is 0 Å². The molecular formula is C29H40N8O2. The summed E-state index contributed by atoms with van der Waals surface area (Å²) >= 11 is 0. The number of amides is 1. The third kappa shape index (κ3) is 5.59. The van der Waals surface area contributed by atoms with E-state index in [1.807, 2.05) is 0 Å². The van der Waals surface area contributed by atoms with E-state index in [0.717, 1.165) is 58.5 Å². The maximum absolute atomic E-state index is 13.2. The third-order valence-electron chi connectivity index (χ3n) is 8.55. The Bertz CT molecular complexity index is 1330. The lowest BCUT2D eigenvalue weighted by atomic mass is 9.93. The van der Waals surface area contributed by atoms with Crippen LogP contribution in [0.15, 0.2) is 30.3 Å². The van der Waals surface area contributed by atoms with Crippen LogP contribution in [-0.4, -0.2) is 100 Å². The Morgan fingerprint density at radius 3 is 2.67 bits per heavy atom. The highest BCUT2D eigenvalue weighted by Gasteiger charge is 2.25. The van der Waals surface area contributed by atoms with E-state index in [2.05, 4.69) is 73.2 Å². The Labute approximate surface area is 230 Å². The number of carbonyl (C=O) groups is 1. The molecule has 6 rings (SSSR count). The fraction of sp³-hybridized carbons (Fsp3) is 0.552. The molecule has 4 heterocycles. The monoisotopic (exact) mass is 532 g/mol. The average Bonchev–Trinajstić information content (AvgIpc) is 3.21. The molecule has 2 fully saturated rings. The van der Waals surface area contributed by atoms with Crippen molar-refractivity contribution in [2.45, 2.75) is 44.4 Å². The van der Waals surface area contributed by atoms with E-state index in [1.165, 1.54) is 28.6 Å². The number of rotatable bonds is 8. The fourth-order valence-corrected chi connectivity index (χ4v) is 5.92. The van der Waals surface area contributed by atoms with Gasteiger partial charge in [0.05, 0.1) is 6.10 Å². The van der Waals surface area contributed by atoms with Crippen LogP contribution in [0.25, 0.3) is 10.9 Å². The lowest BCUT2D eigenvalue weighted by Crippen LogP contribution is -2.45. The van der Waals surface area contributed by atoms with Gasteiger partial charge < -0.3 is 30.1 Å². The Balaban J connectivity index is 1.08. The minimum Gasteiger partial charge on any atom is -0.390 e. The van der Waals surface area contributed by atoms with E-state index in [9.17, 15) is 9.90 Å². The summed E-state index contributed by atoms with van der Waals surface area (Å²) in [6.07, 6.45) is 3.76. The number of nitrogens with zero attached hydrogens (tertiary/aromatic N) is 6. The number of hydrogen-bond donors (Lipinski definition) is 3. The Kier molecular flexibility index (Phi) is 7.42. The number of anilines is 2. The number of likely N-dealkylation sites (N-methyl/N-ethyl adjacent to an activating group) is 1. The first-order chi connectivity index (χ1) is 18.9. The number of para-hydroxylation sites is 1. The van der Waals surface area contributed by atoms with Crippen LogP contribution in [0.3, 0.4) is 0 Å². The van der Waals surface area contributed by atoms with Crippen molar-refractivity contribution in [2.24, 2.45) is 7.05 Å². The summed E-state index contributed by atoms with van der Waals surface area (Å²) in [5.41, 5.74) is 4.32. The molecule has 2 aliphatic heterocycles. The molecule has 1 saturated carbocycles. The molecule has 3 aromatic rings. The topological polar surface area (TPSA) is 102 Å². The number of aliphatic hydroxyl groups excluding tert-OH is 1. The summed E-state index contributed by atoms with van der Waals surface area (Å²) in [6.45, 7) is 5.91. The molecule has 2 aromatic heterocycles. The maximum Gasteiger partial charge on any atom is 0.270 e. The second-order valence-electron chi connectivity index (χ2n) is 11.4. The van der Waals surface area contributed by atoms with E-state index < -0.39 is 6.10 Å². The number of aromatic nitrogens is 3. The smallest absolute Gasteiger partial charge is 0.270 e. The number of carbonyl (C=O) groups excluding carboxylic acids is 1. The minimum atomic E-state index is -0.670. The second-order valence-corrected chi connectivity index (χ2v) is 11.4. The highest BCUT2D eigenvalue weighted by atomic mass is 16.3. The molecule has 0 spiro atoms. The Morgan fingerprint density at radius 2 is 1.90 bits per heavy atom. The van der Waals surface area contributed by atoms with Crippen molar-refractivity contribution in [3.8, 4) is 0 Å². The van der Waals surface area contributed by atoms with E-state index in [-0.39, 0.29) is 12.5 Å². The molecule has 3 aliphatic rings. The first-order valence-electron chi connectivity index (χ1n) is 14.3. The number of benzene rings is 1. The van der Waals surface area contributed by atoms with Crippen LogP contribution in [0.4, 0.5) is 11.8 Å². The van der Waals surface area contributed by atoms with Gasteiger partial charge in [-0.2, -0.15) is 4.98 Å². The van der Waals surface area contributed by atoms with Gasteiger partial charge in [-0.1, -0.05) is 18.2 Å².